The molecule has 0 amide bonds. The third kappa shape index (κ3) is 2.67. The number of hydrogen-bond acceptors (Lipinski definition) is 3. The molecule has 1 aliphatic heterocycles. The zero-order valence-corrected chi connectivity index (χ0v) is 11.5. The number of rotatable bonds is 4. The second kappa shape index (κ2) is 5.28. The van der Waals surface area contributed by atoms with Crippen LogP contribution in [0.3, 0.4) is 0 Å². The Bertz CT molecular complexity index is 513. The van der Waals surface area contributed by atoms with E-state index in [4.69, 9.17) is 5.73 Å². The minimum Gasteiger partial charge on any atom is -0.399 e. The molecule has 1 fully saturated rings. The van der Waals surface area contributed by atoms with E-state index in [0.717, 1.165) is 18.4 Å². The minimum absolute atomic E-state index is 0.0370. The van der Waals surface area contributed by atoms with Crippen LogP contribution in [0.15, 0.2) is 24.3 Å². The topological polar surface area (TPSA) is 63.4 Å². The number of hydrogen-bond donors (Lipinski definition) is 1. The Morgan fingerprint density at radius 3 is 2.89 bits per heavy atom. The van der Waals surface area contributed by atoms with Gasteiger partial charge in [0.1, 0.15) is 0 Å². The number of sulfonamides is 1. The maximum absolute atomic E-state index is 12.2. The van der Waals surface area contributed by atoms with Crippen LogP contribution in [0, 0.1) is 0 Å². The van der Waals surface area contributed by atoms with Crippen LogP contribution in [0.1, 0.15) is 37.8 Å². The molecule has 18 heavy (non-hydrogen) atoms. The van der Waals surface area contributed by atoms with E-state index in [9.17, 15) is 8.42 Å². The quantitative estimate of drug-likeness (QED) is 0.851. The molecule has 1 unspecified atom stereocenters. The summed E-state index contributed by atoms with van der Waals surface area (Å²) >= 11 is 0. The predicted octanol–water partition coefficient (Wildman–Crippen LogP) is 2.15. The molecule has 2 N–H and O–H groups in total. The molecule has 1 saturated heterocycles. The van der Waals surface area contributed by atoms with Gasteiger partial charge in [-0.3, -0.25) is 0 Å². The normalized spacial score (nSPS) is 21.3. The molecule has 100 valence electrons. The number of nitrogen functional groups attached to an aromatic ring is 1. The van der Waals surface area contributed by atoms with Crippen LogP contribution >= 0.6 is 0 Å². The van der Waals surface area contributed by atoms with Crippen LogP contribution in [0.25, 0.3) is 0 Å². The van der Waals surface area contributed by atoms with Gasteiger partial charge in [-0.05, 0) is 37.0 Å². The van der Waals surface area contributed by atoms with Gasteiger partial charge in [0.25, 0.3) is 0 Å². The number of nitrogens with zero attached hydrogens (tertiary/aromatic N) is 1. The summed E-state index contributed by atoms with van der Waals surface area (Å²) in [6.45, 7) is 2.52. The fourth-order valence-corrected chi connectivity index (χ4v) is 4.32. The minimum atomic E-state index is -3.13. The van der Waals surface area contributed by atoms with Crippen molar-refractivity contribution in [2.45, 2.75) is 32.2 Å². The van der Waals surface area contributed by atoms with Crippen LogP contribution in [0.4, 0.5) is 5.69 Å². The fourth-order valence-electron chi connectivity index (χ4n) is 2.55. The third-order valence-corrected chi connectivity index (χ3v) is 5.39. The Labute approximate surface area is 109 Å². The molecule has 4 nitrogen and oxygen atoms in total. The largest absolute Gasteiger partial charge is 0.399 e. The molecular weight excluding hydrogens is 248 g/mol. The summed E-state index contributed by atoms with van der Waals surface area (Å²) in [5.74, 6) is 0.228. The zero-order chi connectivity index (χ0) is 13.2. The molecule has 0 spiro atoms. The number of anilines is 1. The molecule has 0 aromatic heterocycles. The summed E-state index contributed by atoms with van der Waals surface area (Å²) in [7, 11) is -3.13. The molecular formula is C13H20N2O2S. The Balaban J connectivity index is 2.28. The first-order valence-electron chi connectivity index (χ1n) is 6.39. The Morgan fingerprint density at radius 2 is 2.22 bits per heavy atom. The van der Waals surface area contributed by atoms with Crippen molar-refractivity contribution in [3.8, 4) is 0 Å². The molecule has 1 aromatic carbocycles. The fraction of sp³-hybridized carbons (Fsp3) is 0.538. The molecule has 0 bridgehead atoms. The Hall–Kier alpha value is -1.07. The highest BCUT2D eigenvalue weighted by Gasteiger charge is 2.34. The smallest absolute Gasteiger partial charge is 0.214 e. The van der Waals surface area contributed by atoms with Crippen molar-refractivity contribution >= 4 is 15.7 Å². The van der Waals surface area contributed by atoms with E-state index in [1.54, 1.807) is 4.31 Å². The van der Waals surface area contributed by atoms with E-state index in [1.165, 1.54) is 0 Å². The number of benzene rings is 1. The SMILES string of the molecule is CCCS(=O)(=O)N1CCCC1c1cccc(N)c1. The number of nitrogens with two attached hydrogens (primary N) is 1. The second-order valence-corrected chi connectivity index (χ2v) is 6.80. The molecule has 0 radical (unpaired) electrons. The van der Waals surface area contributed by atoms with Gasteiger partial charge in [0.2, 0.25) is 10.0 Å². The first-order valence-corrected chi connectivity index (χ1v) is 8.00. The molecule has 1 heterocycles. The van der Waals surface area contributed by atoms with Gasteiger partial charge < -0.3 is 5.73 Å². The van der Waals surface area contributed by atoms with E-state index in [0.29, 0.717) is 18.7 Å². The second-order valence-electron chi connectivity index (χ2n) is 4.75. The maximum Gasteiger partial charge on any atom is 0.214 e. The molecule has 1 aliphatic rings. The van der Waals surface area contributed by atoms with Crippen LogP contribution in [-0.4, -0.2) is 25.0 Å². The highest BCUT2D eigenvalue weighted by molar-refractivity contribution is 7.89. The molecule has 0 aliphatic carbocycles. The lowest BCUT2D eigenvalue weighted by Crippen LogP contribution is -2.32. The summed E-state index contributed by atoms with van der Waals surface area (Å²) in [6, 6.07) is 7.51. The van der Waals surface area contributed by atoms with Gasteiger partial charge in [0, 0.05) is 18.3 Å². The van der Waals surface area contributed by atoms with Crippen molar-refractivity contribution in [1.29, 1.82) is 0 Å². The molecule has 2 rings (SSSR count). The lowest BCUT2D eigenvalue weighted by atomic mass is 10.1. The van der Waals surface area contributed by atoms with Crippen LogP contribution in [0.2, 0.25) is 0 Å². The lowest BCUT2D eigenvalue weighted by molar-refractivity contribution is 0.396. The first-order chi connectivity index (χ1) is 8.54. The summed E-state index contributed by atoms with van der Waals surface area (Å²) in [5, 5.41) is 0. The van der Waals surface area contributed by atoms with Crippen molar-refractivity contribution in [3.63, 3.8) is 0 Å². The highest BCUT2D eigenvalue weighted by Crippen LogP contribution is 2.35. The van der Waals surface area contributed by atoms with E-state index in [1.807, 2.05) is 31.2 Å². The summed E-state index contributed by atoms with van der Waals surface area (Å²) in [5.41, 5.74) is 7.47. The Morgan fingerprint density at radius 1 is 1.44 bits per heavy atom. The third-order valence-electron chi connectivity index (χ3n) is 3.32. The zero-order valence-electron chi connectivity index (χ0n) is 10.7. The van der Waals surface area contributed by atoms with E-state index < -0.39 is 10.0 Å². The van der Waals surface area contributed by atoms with E-state index in [-0.39, 0.29) is 11.8 Å². The van der Waals surface area contributed by atoms with E-state index in [2.05, 4.69) is 0 Å². The summed E-state index contributed by atoms with van der Waals surface area (Å²) in [4.78, 5) is 0. The predicted molar refractivity (Wildman–Crippen MR) is 73.6 cm³/mol. The van der Waals surface area contributed by atoms with Gasteiger partial charge in [-0.2, -0.15) is 4.31 Å². The van der Waals surface area contributed by atoms with Crippen molar-refractivity contribution in [1.82, 2.24) is 4.31 Å². The van der Waals surface area contributed by atoms with Crippen LogP contribution in [-0.2, 0) is 10.0 Å². The van der Waals surface area contributed by atoms with Gasteiger partial charge in [0.15, 0.2) is 0 Å². The van der Waals surface area contributed by atoms with Crippen molar-refractivity contribution in [2.24, 2.45) is 0 Å². The van der Waals surface area contributed by atoms with Crippen LogP contribution < -0.4 is 5.73 Å². The first kappa shape index (κ1) is 13.4. The standard InChI is InChI=1S/C13H20N2O2S/c1-2-9-18(16,17)15-8-4-7-13(15)11-5-3-6-12(14)10-11/h3,5-6,10,13H,2,4,7-9,14H2,1H3. The van der Waals surface area contributed by atoms with Crippen molar-refractivity contribution < 1.29 is 8.42 Å². The van der Waals surface area contributed by atoms with Crippen LogP contribution in [0.5, 0.6) is 0 Å². The van der Waals surface area contributed by atoms with Crippen molar-refractivity contribution in [3.05, 3.63) is 29.8 Å². The summed E-state index contributed by atoms with van der Waals surface area (Å²) < 4.78 is 26.0. The molecule has 5 heteroatoms. The van der Waals surface area contributed by atoms with Gasteiger partial charge >= 0.3 is 0 Å². The highest BCUT2D eigenvalue weighted by atomic mass is 32.2. The monoisotopic (exact) mass is 268 g/mol. The van der Waals surface area contributed by atoms with Gasteiger partial charge in [-0.15, -0.1) is 0 Å². The average molecular weight is 268 g/mol. The Kier molecular flexibility index (Phi) is 3.92. The molecule has 0 saturated carbocycles. The molecule has 1 atom stereocenters. The van der Waals surface area contributed by atoms with Crippen molar-refractivity contribution in [2.75, 3.05) is 18.0 Å². The van der Waals surface area contributed by atoms with E-state index >= 15 is 0 Å². The lowest BCUT2D eigenvalue weighted by Gasteiger charge is -2.24. The van der Waals surface area contributed by atoms with Gasteiger partial charge in [-0.1, -0.05) is 19.1 Å². The maximum atomic E-state index is 12.2. The van der Waals surface area contributed by atoms with Gasteiger partial charge in [0.05, 0.1) is 5.75 Å². The molecule has 1 aromatic rings. The average Bonchev–Trinajstić information content (AvgIpc) is 2.78. The summed E-state index contributed by atoms with van der Waals surface area (Å²) in [6.07, 6.45) is 2.46. The van der Waals surface area contributed by atoms with Gasteiger partial charge in [-0.25, -0.2) is 8.42 Å².